The molecule has 0 bridgehead atoms. The molecule has 2 N–H and O–H groups in total. The Morgan fingerprint density at radius 2 is 1.96 bits per heavy atom. The zero-order valence-corrected chi connectivity index (χ0v) is 14.8. The second-order valence-corrected chi connectivity index (χ2v) is 6.08. The van der Waals surface area contributed by atoms with E-state index in [4.69, 9.17) is 9.47 Å². The minimum atomic E-state index is -1.03. The first-order valence-corrected chi connectivity index (χ1v) is 8.23. The minimum absolute atomic E-state index is 0.339. The summed E-state index contributed by atoms with van der Waals surface area (Å²) in [6.07, 6.45) is 2.02. The van der Waals surface area contributed by atoms with Crippen LogP contribution < -0.4 is 14.8 Å². The van der Waals surface area contributed by atoms with Gasteiger partial charge in [-0.2, -0.15) is 0 Å². The lowest BCUT2D eigenvalue weighted by Crippen LogP contribution is -2.40. The smallest absolute Gasteiger partial charge is 0.326 e. The molecular weight excluding hydrogens is 310 g/mol. The number of benzene rings is 1. The molecule has 134 valence electrons. The number of amides is 1. The van der Waals surface area contributed by atoms with Gasteiger partial charge in [-0.05, 0) is 30.5 Å². The van der Waals surface area contributed by atoms with E-state index in [0.717, 1.165) is 12.8 Å². The molecule has 0 aliphatic carbocycles. The Morgan fingerprint density at radius 1 is 1.25 bits per heavy atom. The van der Waals surface area contributed by atoms with E-state index in [1.54, 1.807) is 18.2 Å². The molecule has 24 heavy (non-hydrogen) atoms. The van der Waals surface area contributed by atoms with Gasteiger partial charge in [0.25, 0.3) is 5.91 Å². The average molecular weight is 337 g/mol. The fourth-order valence-electron chi connectivity index (χ4n) is 2.09. The van der Waals surface area contributed by atoms with Gasteiger partial charge in [-0.1, -0.05) is 33.6 Å². The molecule has 6 nitrogen and oxygen atoms in total. The Hall–Kier alpha value is -2.24. The third-order valence-electron chi connectivity index (χ3n) is 3.45. The molecule has 6 heteroatoms. The SMILES string of the molecule is CCCC[C@H](NC(=O)c1ccc(OCC(C)C)c(OC)c1)C(=O)O. The standard InChI is InChI=1S/C18H27NO5/c1-5-6-7-14(18(21)22)19-17(20)13-8-9-15(16(10-13)23-4)24-11-12(2)3/h8-10,12,14H,5-7,11H2,1-4H3,(H,19,20)(H,21,22)/t14-/m0/s1. The van der Waals surface area contributed by atoms with Gasteiger partial charge < -0.3 is 19.9 Å². The van der Waals surface area contributed by atoms with E-state index in [0.29, 0.717) is 36.0 Å². The van der Waals surface area contributed by atoms with Gasteiger partial charge in [0.2, 0.25) is 0 Å². The van der Waals surface area contributed by atoms with E-state index in [-0.39, 0.29) is 0 Å². The second-order valence-electron chi connectivity index (χ2n) is 6.08. The highest BCUT2D eigenvalue weighted by Gasteiger charge is 2.21. The number of unbranched alkanes of at least 4 members (excludes halogenated alkanes) is 1. The van der Waals surface area contributed by atoms with Gasteiger partial charge in [-0.25, -0.2) is 4.79 Å². The van der Waals surface area contributed by atoms with Crippen molar-refractivity contribution in [2.45, 2.75) is 46.1 Å². The summed E-state index contributed by atoms with van der Waals surface area (Å²) in [5.41, 5.74) is 0.339. The summed E-state index contributed by atoms with van der Waals surface area (Å²) in [6.45, 7) is 6.59. The zero-order chi connectivity index (χ0) is 18.1. The fraction of sp³-hybridized carbons (Fsp3) is 0.556. The monoisotopic (exact) mass is 337 g/mol. The highest BCUT2D eigenvalue weighted by molar-refractivity contribution is 5.97. The Bertz CT molecular complexity index is 556. The molecule has 1 amide bonds. The number of carboxylic acids is 1. The topological polar surface area (TPSA) is 84.9 Å². The second kappa shape index (κ2) is 9.80. The summed E-state index contributed by atoms with van der Waals surface area (Å²) < 4.78 is 10.9. The highest BCUT2D eigenvalue weighted by Crippen LogP contribution is 2.28. The molecule has 1 atom stereocenters. The van der Waals surface area contributed by atoms with E-state index < -0.39 is 17.9 Å². The van der Waals surface area contributed by atoms with Gasteiger partial charge in [-0.3, -0.25) is 4.79 Å². The van der Waals surface area contributed by atoms with E-state index >= 15 is 0 Å². The molecule has 1 aromatic rings. The van der Waals surface area contributed by atoms with Crippen molar-refractivity contribution in [2.24, 2.45) is 5.92 Å². The first kappa shape index (κ1) is 19.8. The number of rotatable bonds is 10. The Kier molecular flexibility index (Phi) is 8.09. The van der Waals surface area contributed by atoms with Gasteiger partial charge in [0.05, 0.1) is 13.7 Å². The molecule has 1 rings (SSSR count). The van der Waals surface area contributed by atoms with Crippen molar-refractivity contribution in [1.29, 1.82) is 0 Å². The van der Waals surface area contributed by atoms with E-state index in [1.807, 2.05) is 20.8 Å². The summed E-state index contributed by atoms with van der Waals surface area (Å²) in [7, 11) is 1.50. The Labute approximate surface area is 143 Å². The number of carbonyl (C=O) groups excluding carboxylic acids is 1. The van der Waals surface area contributed by atoms with E-state index in [9.17, 15) is 14.7 Å². The van der Waals surface area contributed by atoms with Gasteiger partial charge >= 0.3 is 5.97 Å². The van der Waals surface area contributed by atoms with E-state index in [2.05, 4.69) is 5.32 Å². The lowest BCUT2D eigenvalue weighted by molar-refractivity contribution is -0.139. The summed E-state index contributed by atoms with van der Waals surface area (Å²) in [5.74, 6) is -0.0901. The molecular formula is C18H27NO5. The molecule has 0 radical (unpaired) electrons. The summed E-state index contributed by atoms with van der Waals surface area (Å²) >= 11 is 0. The number of methoxy groups -OCH3 is 1. The van der Waals surface area contributed by atoms with Crippen LogP contribution in [0.3, 0.4) is 0 Å². The Balaban J connectivity index is 2.84. The average Bonchev–Trinajstić information content (AvgIpc) is 2.55. The quantitative estimate of drug-likeness (QED) is 0.685. The molecule has 0 spiro atoms. The molecule has 0 saturated carbocycles. The highest BCUT2D eigenvalue weighted by atomic mass is 16.5. The van der Waals surface area contributed by atoms with Crippen molar-refractivity contribution in [1.82, 2.24) is 5.32 Å². The van der Waals surface area contributed by atoms with Crippen molar-refractivity contribution in [3.63, 3.8) is 0 Å². The lowest BCUT2D eigenvalue weighted by Gasteiger charge is -2.16. The number of carboxylic acid groups (broad SMARTS) is 1. The van der Waals surface area contributed by atoms with Crippen LogP contribution in [0.5, 0.6) is 11.5 Å². The van der Waals surface area contributed by atoms with Crippen molar-refractivity contribution < 1.29 is 24.2 Å². The first-order chi connectivity index (χ1) is 11.4. The van der Waals surface area contributed by atoms with Crippen LogP contribution in [0.1, 0.15) is 50.4 Å². The van der Waals surface area contributed by atoms with Gasteiger partial charge in [-0.15, -0.1) is 0 Å². The molecule has 0 saturated heterocycles. The molecule has 0 heterocycles. The number of aliphatic carboxylic acids is 1. The number of hydrogen-bond acceptors (Lipinski definition) is 4. The molecule has 0 aromatic heterocycles. The molecule has 0 aliphatic rings. The third kappa shape index (κ3) is 6.10. The molecule has 0 aliphatic heterocycles. The van der Waals surface area contributed by atoms with Gasteiger partial charge in [0, 0.05) is 5.56 Å². The Morgan fingerprint density at radius 3 is 2.50 bits per heavy atom. The largest absolute Gasteiger partial charge is 0.493 e. The number of carbonyl (C=O) groups is 2. The maximum absolute atomic E-state index is 12.3. The van der Waals surface area contributed by atoms with Crippen molar-refractivity contribution >= 4 is 11.9 Å². The third-order valence-corrected chi connectivity index (χ3v) is 3.45. The van der Waals surface area contributed by atoms with Crippen molar-refractivity contribution in [2.75, 3.05) is 13.7 Å². The van der Waals surface area contributed by atoms with Crippen LogP contribution in [-0.4, -0.2) is 36.7 Å². The molecule has 0 unspecified atom stereocenters. The predicted octanol–water partition coefficient (Wildman–Crippen LogP) is 3.10. The van der Waals surface area contributed by atoms with Crippen LogP contribution >= 0.6 is 0 Å². The lowest BCUT2D eigenvalue weighted by atomic mass is 10.1. The van der Waals surface area contributed by atoms with Crippen molar-refractivity contribution in [3.8, 4) is 11.5 Å². The normalized spacial score (nSPS) is 11.9. The van der Waals surface area contributed by atoms with Gasteiger partial charge in [0.15, 0.2) is 11.5 Å². The summed E-state index contributed by atoms with van der Waals surface area (Å²) in [5, 5.41) is 11.8. The predicted molar refractivity (Wildman–Crippen MR) is 91.7 cm³/mol. The molecule has 1 aromatic carbocycles. The summed E-state index contributed by atoms with van der Waals surface area (Å²) in [6, 6.07) is 3.94. The van der Waals surface area contributed by atoms with Crippen LogP contribution in [0, 0.1) is 5.92 Å². The van der Waals surface area contributed by atoms with Crippen molar-refractivity contribution in [3.05, 3.63) is 23.8 Å². The van der Waals surface area contributed by atoms with Crippen LogP contribution in [0.2, 0.25) is 0 Å². The maximum atomic E-state index is 12.3. The van der Waals surface area contributed by atoms with E-state index in [1.165, 1.54) is 7.11 Å². The van der Waals surface area contributed by atoms with Crippen LogP contribution in [0.4, 0.5) is 0 Å². The number of ether oxygens (including phenoxy) is 2. The van der Waals surface area contributed by atoms with Gasteiger partial charge in [0.1, 0.15) is 6.04 Å². The molecule has 0 fully saturated rings. The number of nitrogens with one attached hydrogen (secondary N) is 1. The van der Waals surface area contributed by atoms with Crippen LogP contribution in [0.15, 0.2) is 18.2 Å². The van der Waals surface area contributed by atoms with Crippen LogP contribution in [-0.2, 0) is 4.79 Å². The zero-order valence-electron chi connectivity index (χ0n) is 14.8. The maximum Gasteiger partial charge on any atom is 0.326 e. The summed E-state index contributed by atoms with van der Waals surface area (Å²) in [4.78, 5) is 23.5. The first-order valence-electron chi connectivity index (χ1n) is 8.23. The number of hydrogen-bond donors (Lipinski definition) is 2. The van der Waals surface area contributed by atoms with Crippen LogP contribution in [0.25, 0.3) is 0 Å². The fourth-order valence-corrected chi connectivity index (χ4v) is 2.09. The minimum Gasteiger partial charge on any atom is -0.493 e.